The van der Waals surface area contributed by atoms with Gasteiger partial charge in [0.2, 0.25) is 16.8 Å². The zero-order valence-electron chi connectivity index (χ0n) is 14.1. The summed E-state index contributed by atoms with van der Waals surface area (Å²) in [7, 11) is 0. The van der Waals surface area contributed by atoms with Gasteiger partial charge in [-0.2, -0.15) is 0 Å². The van der Waals surface area contributed by atoms with Crippen LogP contribution in [-0.4, -0.2) is 63.2 Å². The Balaban J connectivity index is 1.87. The molecule has 0 aromatic carbocycles. The molecule has 1 aromatic heterocycles. The quantitative estimate of drug-likeness (QED) is 0.403. The number of thioether (sulfide) groups is 1. The maximum atomic E-state index is 12.8. The van der Waals surface area contributed by atoms with Crippen molar-refractivity contribution in [2.75, 3.05) is 23.8 Å². The van der Waals surface area contributed by atoms with Gasteiger partial charge in [-0.05, 0) is 6.07 Å². The average molecular weight is 418 g/mol. The molecule has 0 aliphatic carbocycles. The lowest BCUT2D eigenvalue weighted by atomic mass is 9.87. The van der Waals surface area contributed by atoms with E-state index in [0.717, 1.165) is 16.7 Å². The lowest BCUT2D eigenvalue weighted by Crippen LogP contribution is -2.80. The van der Waals surface area contributed by atoms with Crippen molar-refractivity contribution < 1.29 is 33.4 Å². The van der Waals surface area contributed by atoms with E-state index in [1.807, 2.05) is 0 Å². The Hall–Kier alpha value is -2.40. The van der Waals surface area contributed by atoms with E-state index in [9.17, 15) is 24.3 Å². The summed E-state index contributed by atoms with van der Waals surface area (Å²) in [4.78, 5) is 48.2. The number of ether oxygens (including phenoxy) is 1. The number of nitrogens with two attached hydrogens (primary N) is 1. The molecule has 2 fully saturated rings. The van der Waals surface area contributed by atoms with Gasteiger partial charge in [0.25, 0.3) is 5.91 Å². The first kappa shape index (κ1) is 19.4. The number of carboxylic acids is 1. The van der Waals surface area contributed by atoms with Crippen LogP contribution < -0.4 is 10.6 Å². The average Bonchev–Trinajstić information content (AvgIpc) is 3.12. The third kappa shape index (κ3) is 2.90. The van der Waals surface area contributed by atoms with Gasteiger partial charge in [0.05, 0.1) is 6.26 Å². The van der Waals surface area contributed by atoms with Gasteiger partial charge in [0.1, 0.15) is 17.4 Å². The second-order valence-electron chi connectivity index (χ2n) is 6.27. The Labute approximate surface area is 162 Å². The van der Waals surface area contributed by atoms with E-state index in [1.54, 1.807) is 6.07 Å². The predicted octanol–water partition coefficient (Wildman–Crippen LogP) is 0.649. The van der Waals surface area contributed by atoms with Crippen LogP contribution >= 0.6 is 23.4 Å². The summed E-state index contributed by atoms with van der Waals surface area (Å²) in [6.07, 6.45) is 0.238. The van der Waals surface area contributed by atoms with E-state index < -0.39 is 46.3 Å². The maximum Gasteiger partial charge on any atom is 0.404 e. The zero-order chi connectivity index (χ0) is 20.0. The molecule has 3 rings (SSSR count). The van der Waals surface area contributed by atoms with Crippen LogP contribution in [0.4, 0.5) is 10.7 Å². The van der Waals surface area contributed by atoms with Crippen LogP contribution in [0.25, 0.3) is 0 Å². The van der Waals surface area contributed by atoms with Crippen molar-refractivity contribution >= 4 is 53.1 Å². The molecule has 10 nitrogen and oxygen atoms in total. The fourth-order valence-electron chi connectivity index (χ4n) is 3.15. The van der Waals surface area contributed by atoms with E-state index in [-0.39, 0.29) is 18.2 Å². The number of rotatable bonds is 5. The minimum Gasteiger partial charge on any atom is -0.481 e. The second kappa shape index (κ2) is 6.64. The predicted molar refractivity (Wildman–Crippen MR) is 94.0 cm³/mol. The van der Waals surface area contributed by atoms with Gasteiger partial charge >= 0.3 is 12.1 Å². The smallest absolute Gasteiger partial charge is 0.404 e. The minimum absolute atomic E-state index is 0.00241. The lowest BCUT2D eigenvalue weighted by molar-refractivity contribution is -0.161. The molecule has 146 valence electrons. The first-order valence-corrected chi connectivity index (χ1v) is 9.18. The van der Waals surface area contributed by atoms with Gasteiger partial charge in [0.15, 0.2) is 0 Å². The highest BCUT2D eigenvalue weighted by Crippen LogP contribution is 2.52. The number of furan rings is 1. The van der Waals surface area contributed by atoms with Crippen LogP contribution in [0.15, 0.2) is 22.8 Å². The molecule has 3 amide bonds. The maximum absolute atomic E-state index is 12.8. The minimum atomic E-state index is -1.73. The number of β-lactam (4-membered cyclic amide) rings is 1. The number of amides is 3. The first-order chi connectivity index (χ1) is 12.6. The molecule has 3 atom stereocenters. The van der Waals surface area contributed by atoms with Crippen molar-refractivity contribution in [3.63, 3.8) is 0 Å². The highest BCUT2D eigenvalue weighted by molar-refractivity contribution is 8.00. The van der Waals surface area contributed by atoms with E-state index >= 15 is 0 Å². The molecule has 2 aliphatic heterocycles. The standard InChI is InChI=1S/C15H16ClN3O7S/c1-8(20)19(9-3-2-4-25-9)15(16)10(21)18-5-14(12(22)23,6-26-13(17)24)7-27-11(15)18/h2-4,11H,5-7H2,1H3,(H2,17,24)(H,22,23)/t11-,14?,15?/m1/s1. The topological polar surface area (TPSA) is 143 Å². The molecular weight excluding hydrogens is 402 g/mol. The Kier molecular flexibility index (Phi) is 4.76. The van der Waals surface area contributed by atoms with Gasteiger partial charge in [-0.25, -0.2) is 4.79 Å². The van der Waals surface area contributed by atoms with Gasteiger partial charge in [-0.3, -0.25) is 19.3 Å². The summed E-state index contributed by atoms with van der Waals surface area (Å²) in [5.74, 6) is -2.26. The monoisotopic (exact) mass is 417 g/mol. The summed E-state index contributed by atoms with van der Waals surface area (Å²) in [6, 6.07) is 3.05. The fourth-order valence-corrected chi connectivity index (χ4v) is 5.32. The lowest BCUT2D eigenvalue weighted by Gasteiger charge is -2.59. The summed E-state index contributed by atoms with van der Waals surface area (Å²) < 4.78 is 9.91. The van der Waals surface area contributed by atoms with Crippen molar-refractivity contribution in [3.05, 3.63) is 18.4 Å². The molecule has 2 unspecified atom stereocenters. The Morgan fingerprint density at radius 3 is 2.78 bits per heavy atom. The summed E-state index contributed by atoms with van der Waals surface area (Å²) >= 11 is 7.64. The molecule has 3 N–H and O–H groups in total. The first-order valence-electron chi connectivity index (χ1n) is 7.75. The number of anilines is 1. The van der Waals surface area contributed by atoms with Crippen LogP contribution in [0, 0.1) is 5.41 Å². The van der Waals surface area contributed by atoms with E-state index in [2.05, 4.69) is 4.74 Å². The van der Waals surface area contributed by atoms with E-state index in [1.165, 1.54) is 24.2 Å². The number of carbonyl (C=O) groups excluding carboxylic acids is 3. The van der Waals surface area contributed by atoms with E-state index in [4.69, 9.17) is 21.8 Å². The van der Waals surface area contributed by atoms with Crippen LogP contribution in [0.3, 0.4) is 0 Å². The summed E-state index contributed by atoms with van der Waals surface area (Å²) in [6.45, 7) is 0.536. The van der Waals surface area contributed by atoms with Gasteiger partial charge in [0, 0.05) is 25.3 Å². The SMILES string of the molecule is CC(=O)N(c1ccco1)C1(Cl)C(=O)N2CC(COC(N)=O)(C(=O)O)CS[C@@H]21. The highest BCUT2D eigenvalue weighted by Gasteiger charge is 2.69. The summed E-state index contributed by atoms with van der Waals surface area (Å²) in [5.41, 5.74) is 3.41. The number of hydrogen-bond donors (Lipinski definition) is 2. The second-order valence-corrected chi connectivity index (χ2v) is 7.91. The molecule has 0 spiro atoms. The van der Waals surface area contributed by atoms with Gasteiger partial charge < -0.3 is 24.9 Å². The number of alkyl halides is 1. The van der Waals surface area contributed by atoms with Crippen molar-refractivity contribution in [2.45, 2.75) is 17.3 Å². The zero-order valence-corrected chi connectivity index (χ0v) is 15.7. The number of carboxylic acid groups (broad SMARTS) is 1. The molecule has 1 aromatic rings. The number of halogens is 1. The molecule has 3 heterocycles. The van der Waals surface area contributed by atoms with Crippen molar-refractivity contribution in [1.82, 2.24) is 4.90 Å². The number of primary amides is 1. The van der Waals surface area contributed by atoms with E-state index in [0.29, 0.717) is 0 Å². The Morgan fingerprint density at radius 2 is 2.26 bits per heavy atom. The molecule has 0 saturated carbocycles. The molecule has 12 heteroatoms. The van der Waals surface area contributed by atoms with Crippen LogP contribution in [-0.2, 0) is 19.1 Å². The highest BCUT2D eigenvalue weighted by atomic mass is 35.5. The Morgan fingerprint density at radius 1 is 1.56 bits per heavy atom. The normalized spacial score (nSPS) is 29.5. The third-order valence-electron chi connectivity index (χ3n) is 4.47. The summed E-state index contributed by atoms with van der Waals surface area (Å²) in [5, 5.41) is 8.90. The third-order valence-corrected chi connectivity index (χ3v) is 6.77. The Bertz CT molecular complexity index is 803. The molecule has 0 bridgehead atoms. The van der Waals surface area contributed by atoms with Gasteiger partial charge in [-0.1, -0.05) is 11.6 Å². The van der Waals surface area contributed by atoms with Gasteiger partial charge in [-0.15, -0.1) is 11.8 Å². The number of hydrogen-bond acceptors (Lipinski definition) is 7. The number of carbonyl (C=O) groups is 4. The van der Waals surface area contributed by atoms with Crippen LogP contribution in [0.5, 0.6) is 0 Å². The molecule has 2 aliphatic rings. The number of aliphatic carboxylic acids is 1. The molecule has 2 saturated heterocycles. The molecule has 0 radical (unpaired) electrons. The van der Waals surface area contributed by atoms with Crippen molar-refractivity contribution in [1.29, 1.82) is 0 Å². The molecular formula is C15H16ClN3O7S. The van der Waals surface area contributed by atoms with Crippen LogP contribution in [0.1, 0.15) is 6.92 Å². The fraction of sp³-hybridized carbons (Fsp3) is 0.467. The number of nitrogens with zero attached hydrogens (tertiary/aromatic N) is 2. The van der Waals surface area contributed by atoms with Crippen LogP contribution in [0.2, 0.25) is 0 Å². The molecule has 27 heavy (non-hydrogen) atoms. The van der Waals surface area contributed by atoms with Crippen molar-refractivity contribution in [3.8, 4) is 0 Å². The van der Waals surface area contributed by atoms with Crippen molar-refractivity contribution in [2.24, 2.45) is 11.1 Å². The number of fused-ring (bicyclic) bond motifs is 1. The largest absolute Gasteiger partial charge is 0.481 e.